The van der Waals surface area contributed by atoms with E-state index < -0.39 is 0 Å². The van der Waals surface area contributed by atoms with Gasteiger partial charge < -0.3 is 19.7 Å². The average molecular weight is 595 g/mol. The van der Waals surface area contributed by atoms with Crippen LogP contribution in [-0.4, -0.2) is 75.2 Å². The summed E-state index contributed by atoms with van der Waals surface area (Å²) in [5.74, 6) is 1.37. The number of nitrogens with one attached hydrogen (secondary N) is 1. The first kappa shape index (κ1) is 30.1. The van der Waals surface area contributed by atoms with Crippen molar-refractivity contribution in [3.8, 4) is 11.5 Å². The van der Waals surface area contributed by atoms with Crippen molar-refractivity contribution in [3.63, 3.8) is 0 Å². The number of ether oxygens (including phenoxy) is 2. The molecule has 0 aliphatic carbocycles. The van der Waals surface area contributed by atoms with E-state index in [4.69, 9.17) is 21.1 Å². The second kappa shape index (κ2) is 14.2. The number of para-hydroxylation sites is 1. The van der Waals surface area contributed by atoms with Gasteiger partial charge in [-0.2, -0.15) is 0 Å². The van der Waals surface area contributed by atoms with Gasteiger partial charge in [-0.05, 0) is 67.3 Å². The summed E-state index contributed by atoms with van der Waals surface area (Å²) >= 11 is 6.11. The largest absolute Gasteiger partial charge is 0.497 e. The molecule has 3 aromatic rings. The Kier molecular flexibility index (Phi) is 10.2. The van der Waals surface area contributed by atoms with Gasteiger partial charge in [0.05, 0.1) is 25.6 Å². The summed E-state index contributed by atoms with van der Waals surface area (Å²) < 4.78 is 25.2. The number of amides is 1. The minimum absolute atomic E-state index is 0.0311. The van der Waals surface area contributed by atoms with Gasteiger partial charge in [-0.25, -0.2) is 4.39 Å². The van der Waals surface area contributed by atoms with Crippen molar-refractivity contribution in [2.45, 2.75) is 31.8 Å². The molecule has 224 valence electrons. The monoisotopic (exact) mass is 594 g/mol. The highest BCUT2D eigenvalue weighted by atomic mass is 35.5. The van der Waals surface area contributed by atoms with Crippen molar-refractivity contribution in [3.05, 3.63) is 83.1 Å². The van der Waals surface area contributed by atoms with Crippen LogP contribution in [0.15, 0.2) is 66.7 Å². The molecule has 0 spiro atoms. The van der Waals surface area contributed by atoms with Crippen LogP contribution in [-0.2, 0) is 11.3 Å². The SMILES string of the molecule is COc1ccc(NC(=O)CC[C@@H]2CN(Cc3ccc(Cl)cc3)CC[C@@H]2N2CCN(c3ccccc3F)CC2)c(OC)c1. The standard InChI is InChI=1S/C33H40ClFN4O3/c1-41-27-12-13-29(32(21-27)42-2)36-33(40)14-9-25-23-37(22-24-7-10-26(34)11-8-24)16-15-30(25)38-17-19-39(20-18-38)31-6-4-3-5-28(31)35/h3-8,10-13,21,25,30H,9,14-20,22-23H2,1-2H3,(H,36,40)/t25-,30+/m1/s1. The topological polar surface area (TPSA) is 57.3 Å². The zero-order chi connectivity index (χ0) is 29.5. The number of benzene rings is 3. The van der Waals surface area contributed by atoms with E-state index in [0.717, 1.165) is 63.7 Å². The first-order valence-electron chi connectivity index (χ1n) is 14.7. The summed E-state index contributed by atoms with van der Waals surface area (Å²) in [5, 5.41) is 3.77. The normalized spacial score (nSPS) is 19.9. The molecule has 2 atom stereocenters. The van der Waals surface area contributed by atoms with E-state index in [1.54, 1.807) is 26.4 Å². The van der Waals surface area contributed by atoms with Crippen LogP contribution in [0.1, 0.15) is 24.8 Å². The van der Waals surface area contributed by atoms with Crippen LogP contribution in [0.25, 0.3) is 0 Å². The average Bonchev–Trinajstić information content (AvgIpc) is 3.02. The van der Waals surface area contributed by atoms with Gasteiger partial charge in [0.15, 0.2) is 0 Å². The molecular formula is C33H40ClFN4O3. The lowest BCUT2D eigenvalue weighted by Crippen LogP contribution is -2.56. The summed E-state index contributed by atoms with van der Waals surface area (Å²) in [7, 11) is 3.18. The van der Waals surface area contributed by atoms with Crippen LogP contribution >= 0.6 is 11.6 Å². The molecule has 2 heterocycles. The van der Waals surface area contributed by atoms with Crippen molar-refractivity contribution >= 4 is 28.9 Å². The Labute approximate surface area is 253 Å². The Hall–Kier alpha value is -3.33. The van der Waals surface area contributed by atoms with Gasteiger partial charge in [0, 0.05) is 62.8 Å². The Balaban J connectivity index is 1.24. The molecule has 2 aliphatic heterocycles. The molecule has 0 aromatic heterocycles. The quantitative estimate of drug-likeness (QED) is 0.314. The van der Waals surface area contributed by atoms with Gasteiger partial charge in [-0.3, -0.25) is 14.6 Å². The first-order chi connectivity index (χ1) is 20.4. The number of carbonyl (C=O) groups is 1. The summed E-state index contributed by atoms with van der Waals surface area (Å²) in [6.45, 7) is 6.10. The fourth-order valence-corrected chi connectivity index (χ4v) is 6.41. The van der Waals surface area contributed by atoms with E-state index >= 15 is 0 Å². The van der Waals surface area contributed by atoms with Crippen LogP contribution in [0.5, 0.6) is 11.5 Å². The fourth-order valence-electron chi connectivity index (χ4n) is 6.28. The lowest BCUT2D eigenvalue weighted by Gasteiger charge is -2.47. The molecule has 0 saturated carbocycles. The number of halogens is 2. The van der Waals surface area contributed by atoms with Crippen LogP contribution in [0.2, 0.25) is 5.02 Å². The number of hydrogen-bond acceptors (Lipinski definition) is 6. The summed E-state index contributed by atoms with van der Waals surface area (Å²) in [6, 6.07) is 20.8. The lowest BCUT2D eigenvalue weighted by atomic mass is 9.86. The Bertz CT molecular complexity index is 1330. The molecule has 2 fully saturated rings. The van der Waals surface area contributed by atoms with Crippen LogP contribution < -0.4 is 19.7 Å². The maximum absolute atomic E-state index is 14.4. The molecule has 0 bridgehead atoms. The first-order valence-corrected chi connectivity index (χ1v) is 15.0. The molecule has 42 heavy (non-hydrogen) atoms. The number of rotatable bonds is 10. The highest BCUT2D eigenvalue weighted by Gasteiger charge is 2.35. The van der Waals surface area contributed by atoms with Crippen molar-refractivity contribution in [1.82, 2.24) is 9.80 Å². The predicted molar refractivity (Wildman–Crippen MR) is 166 cm³/mol. The Morgan fingerprint density at radius 1 is 0.976 bits per heavy atom. The second-order valence-electron chi connectivity index (χ2n) is 11.1. The number of methoxy groups -OCH3 is 2. The van der Waals surface area contributed by atoms with Gasteiger partial charge in [0.1, 0.15) is 17.3 Å². The Morgan fingerprint density at radius 2 is 1.74 bits per heavy atom. The molecule has 0 unspecified atom stereocenters. The summed E-state index contributed by atoms with van der Waals surface area (Å²) in [6.07, 6.45) is 2.23. The van der Waals surface area contributed by atoms with Crippen LogP contribution in [0.4, 0.5) is 15.8 Å². The van der Waals surface area contributed by atoms with E-state index in [1.165, 1.54) is 11.6 Å². The summed E-state index contributed by atoms with van der Waals surface area (Å²) in [4.78, 5) is 20.3. The van der Waals surface area contributed by atoms with Crippen molar-refractivity contribution in [2.75, 3.05) is 63.7 Å². The van der Waals surface area contributed by atoms with E-state index in [1.807, 2.05) is 36.4 Å². The third kappa shape index (κ3) is 7.54. The highest BCUT2D eigenvalue weighted by molar-refractivity contribution is 6.30. The van der Waals surface area contributed by atoms with E-state index in [2.05, 4.69) is 32.1 Å². The van der Waals surface area contributed by atoms with Gasteiger partial charge in [-0.1, -0.05) is 35.9 Å². The molecule has 0 radical (unpaired) electrons. The number of likely N-dealkylation sites (tertiary alicyclic amines) is 1. The smallest absolute Gasteiger partial charge is 0.224 e. The lowest BCUT2D eigenvalue weighted by molar-refractivity contribution is -0.116. The van der Waals surface area contributed by atoms with E-state index in [-0.39, 0.29) is 11.7 Å². The van der Waals surface area contributed by atoms with E-state index in [0.29, 0.717) is 41.3 Å². The zero-order valence-electron chi connectivity index (χ0n) is 24.4. The molecule has 1 amide bonds. The highest BCUT2D eigenvalue weighted by Crippen LogP contribution is 2.32. The molecule has 2 saturated heterocycles. The van der Waals surface area contributed by atoms with Crippen molar-refractivity contribution in [1.29, 1.82) is 0 Å². The zero-order valence-corrected chi connectivity index (χ0v) is 25.2. The molecule has 1 N–H and O–H groups in total. The minimum atomic E-state index is -0.168. The molecular weight excluding hydrogens is 555 g/mol. The number of carbonyl (C=O) groups excluding carboxylic acids is 1. The molecule has 9 heteroatoms. The number of piperazine rings is 1. The molecule has 5 rings (SSSR count). The third-order valence-corrected chi connectivity index (χ3v) is 8.75. The van der Waals surface area contributed by atoms with Gasteiger partial charge in [0.25, 0.3) is 0 Å². The van der Waals surface area contributed by atoms with Crippen LogP contribution in [0, 0.1) is 11.7 Å². The number of hydrogen-bond donors (Lipinski definition) is 1. The van der Waals surface area contributed by atoms with Gasteiger partial charge in [0.2, 0.25) is 5.91 Å². The Morgan fingerprint density at radius 3 is 2.45 bits per heavy atom. The molecule has 2 aliphatic rings. The summed E-state index contributed by atoms with van der Waals surface area (Å²) in [5.41, 5.74) is 2.55. The maximum Gasteiger partial charge on any atom is 0.224 e. The number of anilines is 2. The minimum Gasteiger partial charge on any atom is -0.497 e. The van der Waals surface area contributed by atoms with E-state index in [9.17, 15) is 9.18 Å². The predicted octanol–water partition coefficient (Wildman–Crippen LogP) is 5.93. The second-order valence-corrected chi connectivity index (χ2v) is 11.5. The third-order valence-electron chi connectivity index (χ3n) is 8.50. The molecule has 3 aromatic carbocycles. The number of piperidine rings is 1. The van der Waals surface area contributed by atoms with Crippen LogP contribution in [0.3, 0.4) is 0 Å². The fraction of sp³-hybridized carbons (Fsp3) is 0.424. The van der Waals surface area contributed by atoms with Gasteiger partial charge in [-0.15, -0.1) is 0 Å². The molecule has 7 nitrogen and oxygen atoms in total. The number of nitrogens with zero attached hydrogens (tertiary/aromatic N) is 3. The maximum atomic E-state index is 14.4. The van der Waals surface area contributed by atoms with Crippen molar-refractivity contribution < 1.29 is 18.7 Å². The van der Waals surface area contributed by atoms with Crippen molar-refractivity contribution in [2.24, 2.45) is 5.92 Å². The van der Waals surface area contributed by atoms with Gasteiger partial charge >= 0.3 is 0 Å².